The zero-order chi connectivity index (χ0) is 17.5. The number of nitrogens with one attached hydrogen (secondary N) is 2. The number of amides is 3. The standard InChI is InChI=1S/C15H12ClFN2O4S/c16-12-6-9(17)3-4-11(12)14(21)23-8-13(20)19-15(22)18-7-10-2-1-5-24-10/h1-6H,7-8H2,(H2,18,19,20,22). The minimum Gasteiger partial charge on any atom is -0.452 e. The number of benzene rings is 1. The third-order valence-corrected chi connectivity index (χ3v) is 3.93. The molecule has 0 fully saturated rings. The predicted octanol–water partition coefficient (Wildman–Crippen LogP) is 2.72. The first-order chi connectivity index (χ1) is 11.5. The van der Waals surface area contributed by atoms with E-state index in [2.05, 4.69) is 5.32 Å². The minimum atomic E-state index is -0.894. The molecule has 126 valence electrons. The van der Waals surface area contributed by atoms with Gasteiger partial charge >= 0.3 is 12.0 Å². The van der Waals surface area contributed by atoms with E-state index in [1.54, 1.807) is 0 Å². The second kappa shape index (κ2) is 8.42. The average Bonchev–Trinajstić information content (AvgIpc) is 3.04. The summed E-state index contributed by atoms with van der Waals surface area (Å²) in [5.74, 6) is -2.30. The SMILES string of the molecule is O=C(COC(=O)c1ccc(F)cc1Cl)NC(=O)NCc1cccs1. The van der Waals surface area contributed by atoms with Crippen LogP contribution in [0.25, 0.3) is 0 Å². The second-order valence-electron chi connectivity index (χ2n) is 4.51. The van der Waals surface area contributed by atoms with E-state index < -0.39 is 30.3 Å². The van der Waals surface area contributed by atoms with Gasteiger partial charge in [0.1, 0.15) is 5.82 Å². The van der Waals surface area contributed by atoms with Gasteiger partial charge in [-0.3, -0.25) is 10.1 Å². The Kier molecular flexibility index (Phi) is 6.28. The number of halogens is 2. The van der Waals surface area contributed by atoms with Crippen molar-refractivity contribution in [1.82, 2.24) is 10.6 Å². The van der Waals surface area contributed by atoms with E-state index in [-0.39, 0.29) is 17.1 Å². The Hall–Kier alpha value is -2.45. The number of carbonyl (C=O) groups excluding carboxylic acids is 3. The molecule has 0 radical (unpaired) electrons. The zero-order valence-corrected chi connectivity index (χ0v) is 13.7. The van der Waals surface area contributed by atoms with E-state index >= 15 is 0 Å². The Balaban J connectivity index is 1.75. The van der Waals surface area contributed by atoms with Gasteiger partial charge in [-0.15, -0.1) is 11.3 Å². The van der Waals surface area contributed by atoms with Crippen LogP contribution in [-0.4, -0.2) is 24.5 Å². The Morgan fingerprint density at radius 3 is 2.71 bits per heavy atom. The third kappa shape index (κ3) is 5.32. The van der Waals surface area contributed by atoms with Crippen molar-refractivity contribution < 1.29 is 23.5 Å². The number of thiophene rings is 1. The van der Waals surface area contributed by atoms with Gasteiger partial charge in [0.25, 0.3) is 5.91 Å². The molecule has 0 aliphatic rings. The van der Waals surface area contributed by atoms with Gasteiger partial charge in [0.15, 0.2) is 6.61 Å². The minimum absolute atomic E-state index is 0.0759. The molecule has 1 aromatic carbocycles. The highest BCUT2D eigenvalue weighted by Crippen LogP contribution is 2.18. The molecule has 0 saturated carbocycles. The summed E-state index contributed by atoms with van der Waals surface area (Å²) in [5, 5.41) is 6.24. The second-order valence-corrected chi connectivity index (χ2v) is 5.95. The van der Waals surface area contributed by atoms with Crippen LogP contribution in [0, 0.1) is 5.82 Å². The summed E-state index contributed by atoms with van der Waals surface area (Å²) in [6.07, 6.45) is 0. The van der Waals surface area contributed by atoms with Crippen LogP contribution in [0.4, 0.5) is 9.18 Å². The monoisotopic (exact) mass is 370 g/mol. The normalized spacial score (nSPS) is 10.1. The number of ether oxygens (including phenoxy) is 1. The number of rotatable bonds is 5. The third-order valence-electron chi connectivity index (χ3n) is 2.74. The van der Waals surface area contributed by atoms with E-state index in [1.807, 2.05) is 22.8 Å². The van der Waals surface area contributed by atoms with Crippen molar-refractivity contribution in [1.29, 1.82) is 0 Å². The lowest BCUT2D eigenvalue weighted by Gasteiger charge is -2.07. The van der Waals surface area contributed by atoms with E-state index in [1.165, 1.54) is 11.3 Å². The molecule has 24 heavy (non-hydrogen) atoms. The Morgan fingerprint density at radius 1 is 1.25 bits per heavy atom. The van der Waals surface area contributed by atoms with Crippen molar-refractivity contribution in [3.63, 3.8) is 0 Å². The number of hydrogen-bond acceptors (Lipinski definition) is 5. The molecule has 0 saturated heterocycles. The summed E-state index contributed by atoms with van der Waals surface area (Å²) >= 11 is 7.17. The van der Waals surface area contributed by atoms with Crippen molar-refractivity contribution in [3.05, 3.63) is 57.0 Å². The van der Waals surface area contributed by atoms with Crippen LogP contribution in [0.3, 0.4) is 0 Å². The molecule has 6 nitrogen and oxygen atoms in total. The molecule has 0 atom stereocenters. The topological polar surface area (TPSA) is 84.5 Å². The fourth-order valence-electron chi connectivity index (χ4n) is 1.65. The van der Waals surface area contributed by atoms with Crippen molar-refractivity contribution in [3.8, 4) is 0 Å². The summed E-state index contributed by atoms with van der Waals surface area (Å²) in [6, 6.07) is 6.11. The van der Waals surface area contributed by atoms with Gasteiger partial charge in [0.2, 0.25) is 0 Å². The quantitative estimate of drug-likeness (QED) is 0.792. The molecule has 0 spiro atoms. The lowest BCUT2D eigenvalue weighted by atomic mass is 10.2. The molecule has 1 aromatic heterocycles. The zero-order valence-electron chi connectivity index (χ0n) is 12.2. The van der Waals surface area contributed by atoms with E-state index in [0.717, 1.165) is 23.1 Å². The van der Waals surface area contributed by atoms with Crippen LogP contribution in [0.2, 0.25) is 5.02 Å². The maximum absolute atomic E-state index is 12.9. The molecule has 1 heterocycles. The maximum Gasteiger partial charge on any atom is 0.340 e. The Morgan fingerprint density at radius 2 is 2.04 bits per heavy atom. The highest BCUT2D eigenvalue weighted by Gasteiger charge is 2.15. The van der Waals surface area contributed by atoms with Crippen molar-refractivity contribution in [2.45, 2.75) is 6.54 Å². The molecular weight excluding hydrogens is 359 g/mol. The van der Waals surface area contributed by atoms with Crippen molar-refractivity contribution in [2.24, 2.45) is 0 Å². The van der Waals surface area contributed by atoms with Gasteiger partial charge in [-0.25, -0.2) is 14.0 Å². The first-order valence-electron chi connectivity index (χ1n) is 6.68. The predicted molar refractivity (Wildman–Crippen MR) is 86.4 cm³/mol. The first kappa shape index (κ1) is 17.9. The van der Waals surface area contributed by atoms with Gasteiger partial charge in [-0.05, 0) is 29.6 Å². The van der Waals surface area contributed by atoms with Crippen LogP contribution in [0.1, 0.15) is 15.2 Å². The van der Waals surface area contributed by atoms with Crippen LogP contribution in [0.15, 0.2) is 35.7 Å². The van der Waals surface area contributed by atoms with Crippen LogP contribution in [0.5, 0.6) is 0 Å². The van der Waals surface area contributed by atoms with Gasteiger partial charge in [-0.2, -0.15) is 0 Å². The molecule has 9 heteroatoms. The Labute approximate surface area is 145 Å². The van der Waals surface area contributed by atoms with E-state index in [4.69, 9.17) is 16.3 Å². The van der Waals surface area contributed by atoms with E-state index in [0.29, 0.717) is 0 Å². The number of carbonyl (C=O) groups is 3. The smallest absolute Gasteiger partial charge is 0.340 e. The summed E-state index contributed by atoms with van der Waals surface area (Å²) in [5.41, 5.74) is -0.0759. The number of imide groups is 1. The molecular formula is C15H12ClFN2O4S. The largest absolute Gasteiger partial charge is 0.452 e. The molecule has 0 unspecified atom stereocenters. The fraction of sp³-hybridized carbons (Fsp3) is 0.133. The molecule has 2 aromatic rings. The first-order valence-corrected chi connectivity index (χ1v) is 7.93. The summed E-state index contributed by atoms with van der Waals surface area (Å²) in [4.78, 5) is 35.7. The lowest BCUT2D eigenvalue weighted by molar-refractivity contribution is -0.123. The van der Waals surface area contributed by atoms with Crippen molar-refractivity contribution in [2.75, 3.05) is 6.61 Å². The Bertz CT molecular complexity index is 752. The number of hydrogen-bond donors (Lipinski definition) is 2. The highest BCUT2D eigenvalue weighted by atomic mass is 35.5. The molecule has 0 aliphatic heterocycles. The molecule has 0 bridgehead atoms. The lowest BCUT2D eigenvalue weighted by Crippen LogP contribution is -2.41. The van der Waals surface area contributed by atoms with Crippen LogP contribution in [-0.2, 0) is 16.1 Å². The summed E-state index contributed by atoms with van der Waals surface area (Å²) in [7, 11) is 0. The summed E-state index contributed by atoms with van der Waals surface area (Å²) < 4.78 is 17.6. The van der Waals surface area contributed by atoms with Gasteiger partial charge in [0, 0.05) is 4.88 Å². The fourth-order valence-corrected chi connectivity index (χ4v) is 2.54. The molecule has 0 aliphatic carbocycles. The number of esters is 1. The molecule has 2 rings (SSSR count). The van der Waals surface area contributed by atoms with Crippen molar-refractivity contribution >= 4 is 40.8 Å². The van der Waals surface area contributed by atoms with Gasteiger partial charge in [-0.1, -0.05) is 17.7 Å². The van der Waals surface area contributed by atoms with Gasteiger partial charge < -0.3 is 10.1 Å². The van der Waals surface area contributed by atoms with E-state index in [9.17, 15) is 18.8 Å². The van der Waals surface area contributed by atoms with Crippen LogP contribution < -0.4 is 10.6 Å². The maximum atomic E-state index is 12.9. The molecule has 2 N–H and O–H groups in total. The molecule has 3 amide bonds. The average molecular weight is 371 g/mol. The van der Waals surface area contributed by atoms with Gasteiger partial charge in [0.05, 0.1) is 17.1 Å². The summed E-state index contributed by atoms with van der Waals surface area (Å²) in [6.45, 7) is -0.388. The van der Waals surface area contributed by atoms with Crippen LogP contribution >= 0.6 is 22.9 Å². The number of urea groups is 1. The highest BCUT2D eigenvalue weighted by molar-refractivity contribution is 7.09.